The van der Waals surface area contributed by atoms with Crippen LogP contribution in [0, 0.1) is 11.3 Å². The summed E-state index contributed by atoms with van der Waals surface area (Å²) in [6.45, 7) is 0.777. The molecule has 1 heterocycles. The Morgan fingerprint density at radius 3 is 2.15 bits per heavy atom. The van der Waals surface area contributed by atoms with Crippen LogP contribution in [-0.4, -0.2) is 23.3 Å². The molecule has 0 bridgehead atoms. The second-order valence-corrected chi connectivity index (χ2v) is 7.30. The predicted molar refractivity (Wildman–Crippen MR) is 77.6 cm³/mol. The van der Waals surface area contributed by atoms with Crippen LogP contribution in [0.1, 0.15) is 77.0 Å². The van der Waals surface area contributed by atoms with Crippen molar-refractivity contribution < 1.29 is 14.6 Å². The van der Waals surface area contributed by atoms with E-state index in [2.05, 4.69) is 0 Å². The van der Waals surface area contributed by atoms with E-state index >= 15 is 0 Å². The third-order valence-electron chi connectivity index (χ3n) is 6.21. The molecule has 3 aliphatic rings. The molecule has 0 aromatic carbocycles. The third-order valence-corrected chi connectivity index (χ3v) is 6.21. The molecule has 20 heavy (non-hydrogen) atoms. The lowest BCUT2D eigenvalue weighted by atomic mass is 9.64. The van der Waals surface area contributed by atoms with E-state index < -0.39 is 11.4 Å². The molecule has 2 saturated carbocycles. The molecule has 1 unspecified atom stereocenters. The van der Waals surface area contributed by atoms with Crippen molar-refractivity contribution in [2.45, 2.75) is 82.7 Å². The Hall–Kier alpha value is -0.570. The molecule has 0 aromatic heterocycles. The highest BCUT2D eigenvalue weighted by Gasteiger charge is 2.51. The Labute approximate surface area is 122 Å². The molecule has 3 fully saturated rings. The van der Waals surface area contributed by atoms with Gasteiger partial charge in [-0.3, -0.25) is 4.79 Å². The van der Waals surface area contributed by atoms with Crippen LogP contribution in [0.4, 0.5) is 0 Å². The van der Waals surface area contributed by atoms with Gasteiger partial charge in [-0.15, -0.1) is 0 Å². The van der Waals surface area contributed by atoms with Crippen molar-refractivity contribution in [1.82, 2.24) is 0 Å². The summed E-state index contributed by atoms with van der Waals surface area (Å²) in [4.78, 5) is 12.1. The molecule has 1 atom stereocenters. The third kappa shape index (κ3) is 2.49. The number of aliphatic carboxylic acids is 1. The molecular weight excluding hydrogens is 252 g/mol. The van der Waals surface area contributed by atoms with Gasteiger partial charge in [0.25, 0.3) is 0 Å². The van der Waals surface area contributed by atoms with Crippen LogP contribution in [-0.2, 0) is 9.53 Å². The molecule has 1 saturated heterocycles. The zero-order valence-electron chi connectivity index (χ0n) is 12.5. The number of rotatable bonds is 2. The Morgan fingerprint density at radius 2 is 1.55 bits per heavy atom. The molecule has 1 N–H and O–H groups in total. The van der Waals surface area contributed by atoms with Crippen molar-refractivity contribution in [3.05, 3.63) is 0 Å². The summed E-state index contributed by atoms with van der Waals surface area (Å²) >= 11 is 0. The lowest BCUT2D eigenvalue weighted by molar-refractivity contribution is -0.165. The molecule has 0 aromatic rings. The maximum absolute atomic E-state index is 12.1. The molecular formula is C17H28O3. The van der Waals surface area contributed by atoms with Crippen molar-refractivity contribution in [1.29, 1.82) is 0 Å². The van der Waals surface area contributed by atoms with Crippen molar-refractivity contribution in [3.63, 3.8) is 0 Å². The van der Waals surface area contributed by atoms with Gasteiger partial charge in [-0.05, 0) is 44.4 Å². The van der Waals surface area contributed by atoms with Gasteiger partial charge in [0.1, 0.15) is 0 Å². The van der Waals surface area contributed by atoms with E-state index in [-0.39, 0.29) is 5.60 Å². The van der Waals surface area contributed by atoms with Crippen LogP contribution in [0.5, 0.6) is 0 Å². The summed E-state index contributed by atoms with van der Waals surface area (Å²) < 4.78 is 6.11. The summed E-state index contributed by atoms with van der Waals surface area (Å²) in [5, 5.41) is 9.96. The maximum atomic E-state index is 12.1. The van der Waals surface area contributed by atoms with E-state index in [0.29, 0.717) is 5.92 Å². The molecule has 1 aliphatic heterocycles. The van der Waals surface area contributed by atoms with Gasteiger partial charge in [0.05, 0.1) is 11.0 Å². The fourth-order valence-electron chi connectivity index (χ4n) is 5.02. The van der Waals surface area contributed by atoms with E-state index in [4.69, 9.17) is 4.74 Å². The molecule has 0 radical (unpaired) electrons. The minimum absolute atomic E-state index is 0.0394. The van der Waals surface area contributed by atoms with Crippen LogP contribution in [0.3, 0.4) is 0 Å². The highest BCUT2D eigenvalue weighted by Crippen LogP contribution is 2.51. The first-order valence-electron chi connectivity index (χ1n) is 8.54. The van der Waals surface area contributed by atoms with Gasteiger partial charge in [0, 0.05) is 6.61 Å². The van der Waals surface area contributed by atoms with Crippen LogP contribution in [0.2, 0.25) is 0 Å². The van der Waals surface area contributed by atoms with E-state index in [0.717, 1.165) is 58.0 Å². The topological polar surface area (TPSA) is 46.5 Å². The molecule has 0 amide bonds. The first-order chi connectivity index (χ1) is 9.67. The Kier molecular flexibility index (Phi) is 4.07. The second kappa shape index (κ2) is 5.67. The minimum atomic E-state index is -0.528. The lowest BCUT2D eigenvalue weighted by Gasteiger charge is -2.45. The summed E-state index contributed by atoms with van der Waals surface area (Å²) in [5.41, 5.74) is -0.409. The summed E-state index contributed by atoms with van der Waals surface area (Å²) in [6.07, 6.45) is 13.2. The van der Waals surface area contributed by atoms with E-state index in [1.165, 1.54) is 25.7 Å². The van der Waals surface area contributed by atoms with Gasteiger partial charge in [0.2, 0.25) is 0 Å². The molecule has 3 heteroatoms. The molecule has 2 aliphatic carbocycles. The van der Waals surface area contributed by atoms with Crippen LogP contribution in [0.15, 0.2) is 0 Å². The Bertz CT molecular complexity index is 349. The number of hydrogen-bond donors (Lipinski definition) is 1. The smallest absolute Gasteiger partial charge is 0.309 e. The molecule has 3 rings (SSSR count). The largest absolute Gasteiger partial charge is 0.481 e. The number of carboxylic acid groups (broad SMARTS) is 1. The van der Waals surface area contributed by atoms with E-state index in [1.54, 1.807) is 0 Å². The standard InChI is InChI=1S/C17H28O3/c18-15(19)17(10-3-1-2-4-11-17)14-7-12-20-16(13-14)8-5-6-9-16/h14H,1-13H2,(H,18,19). The van der Waals surface area contributed by atoms with Gasteiger partial charge in [-0.2, -0.15) is 0 Å². The first kappa shape index (κ1) is 14.4. The average Bonchev–Trinajstić information content (AvgIpc) is 2.75. The fourth-order valence-corrected chi connectivity index (χ4v) is 5.02. The Balaban J connectivity index is 1.81. The van der Waals surface area contributed by atoms with E-state index in [9.17, 15) is 9.90 Å². The van der Waals surface area contributed by atoms with Gasteiger partial charge >= 0.3 is 5.97 Å². The van der Waals surface area contributed by atoms with Crippen LogP contribution in [0.25, 0.3) is 0 Å². The number of hydrogen-bond acceptors (Lipinski definition) is 2. The molecule has 1 spiro atoms. The Morgan fingerprint density at radius 1 is 0.950 bits per heavy atom. The van der Waals surface area contributed by atoms with Gasteiger partial charge in [-0.25, -0.2) is 0 Å². The monoisotopic (exact) mass is 280 g/mol. The summed E-state index contributed by atoms with van der Waals surface area (Å²) in [7, 11) is 0. The second-order valence-electron chi connectivity index (χ2n) is 7.30. The zero-order chi connectivity index (χ0) is 14.1. The average molecular weight is 280 g/mol. The molecule has 3 nitrogen and oxygen atoms in total. The quantitative estimate of drug-likeness (QED) is 0.773. The zero-order valence-corrected chi connectivity index (χ0v) is 12.5. The fraction of sp³-hybridized carbons (Fsp3) is 0.941. The number of carbonyl (C=O) groups is 1. The highest BCUT2D eigenvalue weighted by molar-refractivity contribution is 5.75. The summed E-state index contributed by atoms with van der Waals surface area (Å²) in [5.74, 6) is -0.190. The molecule has 114 valence electrons. The first-order valence-corrected chi connectivity index (χ1v) is 8.54. The van der Waals surface area contributed by atoms with Crippen molar-refractivity contribution >= 4 is 5.97 Å². The number of ether oxygens (including phenoxy) is 1. The van der Waals surface area contributed by atoms with Crippen molar-refractivity contribution in [3.8, 4) is 0 Å². The maximum Gasteiger partial charge on any atom is 0.309 e. The van der Waals surface area contributed by atoms with Gasteiger partial charge < -0.3 is 9.84 Å². The lowest BCUT2D eigenvalue weighted by Crippen LogP contribution is -2.47. The predicted octanol–water partition coefficient (Wildman–Crippen LogP) is 4.15. The van der Waals surface area contributed by atoms with E-state index in [1.807, 2.05) is 0 Å². The van der Waals surface area contributed by atoms with Crippen LogP contribution < -0.4 is 0 Å². The minimum Gasteiger partial charge on any atom is -0.481 e. The van der Waals surface area contributed by atoms with Gasteiger partial charge in [0.15, 0.2) is 0 Å². The van der Waals surface area contributed by atoms with Gasteiger partial charge in [-0.1, -0.05) is 38.5 Å². The van der Waals surface area contributed by atoms with Crippen molar-refractivity contribution in [2.75, 3.05) is 6.61 Å². The highest BCUT2D eigenvalue weighted by atomic mass is 16.5. The summed E-state index contributed by atoms with van der Waals surface area (Å²) in [6, 6.07) is 0. The normalized spacial score (nSPS) is 32.9. The number of carboxylic acids is 1. The SMILES string of the molecule is O=C(O)C1(C2CCOC3(CCCC3)C2)CCCCCC1. The van der Waals surface area contributed by atoms with Crippen molar-refractivity contribution in [2.24, 2.45) is 11.3 Å². The van der Waals surface area contributed by atoms with Crippen LogP contribution >= 0.6 is 0 Å².